The van der Waals surface area contributed by atoms with Gasteiger partial charge in [-0.2, -0.15) is 13.2 Å². The summed E-state index contributed by atoms with van der Waals surface area (Å²) in [5.41, 5.74) is -0.0616. The fraction of sp³-hybridized carbons (Fsp3) is 0.296. The number of hydrogen-bond donors (Lipinski definition) is 0. The van der Waals surface area contributed by atoms with E-state index in [4.69, 9.17) is 23.2 Å². The number of benzene rings is 2. The highest BCUT2D eigenvalue weighted by molar-refractivity contribution is 8.00. The zero-order valence-electron chi connectivity index (χ0n) is 20.4. The van der Waals surface area contributed by atoms with E-state index in [0.29, 0.717) is 31.2 Å². The SMILES string of the molecule is O=C1[C@@H](Sc2ccc(Cl)cc2)[C@H](N2CCN(c3ncc(C(F)(F)F)cc3Cl)CC2)C(=O)N1Cc1ccccc1. The summed E-state index contributed by atoms with van der Waals surface area (Å²) in [6.45, 7) is 1.75. The lowest BCUT2D eigenvalue weighted by atomic mass is 10.1. The smallest absolute Gasteiger partial charge is 0.353 e. The molecule has 2 saturated heterocycles. The Balaban J connectivity index is 1.35. The number of rotatable bonds is 6. The van der Waals surface area contributed by atoms with E-state index >= 15 is 0 Å². The molecule has 2 aromatic carbocycles. The highest BCUT2D eigenvalue weighted by Gasteiger charge is 2.51. The quantitative estimate of drug-likeness (QED) is 0.345. The summed E-state index contributed by atoms with van der Waals surface area (Å²) in [5.74, 6) is -0.269. The van der Waals surface area contributed by atoms with Gasteiger partial charge in [-0.3, -0.25) is 19.4 Å². The standard InChI is InChI=1S/C27H23Cl2F3N4O2S/c28-19-6-8-20(9-7-19)39-23-22(25(37)36(26(23)38)16-17-4-2-1-3-5-17)34-10-12-35(13-11-34)24-21(29)14-18(15-33-24)27(30,31)32/h1-9,14-15,22-23H,10-13,16H2/t22-,23-/m0/s1. The van der Waals surface area contributed by atoms with Gasteiger partial charge >= 0.3 is 6.18 Å². The Morgan fingerprint density at radius 3 is 2.21 bits per heavy atom. The first-order chi connectivity index (χ1) is 18.6. The number of amides is 2. The van der Waals surface area contributed by atoms with Crippen LogP contribution in [0.2, 0.25) is 10.0 Å². The van der Waals surface area contributed by atoms with Crippen molar-refractivity contribution in [2.45, 2.75) is 28.9 Å². The first-order valence-electron chi connectivity index (χ1n) is 12.1. The second kappa shape index (κ2) is 11.4. The number of alkyl halides is 3. The maximum atomic E-state index is 13.7. The van der Waals surface area contributed by atoms with Gasteiger partial charge in [0.05, 0.1) is 17.1 Å². The Morgan fingerprint density at radius 1 is 0.923 bits per heavy atom. The van der Waals surface area contributed by atoms with Crippen molar-refractivity contribution < 1.29 is 22.8 Å². The van der Waals surface area contributed by atoms with Crippen molar-refractivity contribution in [2.24, 2.45) is 0 Å². The number of pyridine rings is 1. The lowest BCUT2D eigenvalue weighted by molar-refractivity contribution is -0.140. The second-order valence-electron chi connectivity index (χ2n) is 9.24. The summed E-state index contributed by atoms with van der Waals surface area (Å²) < 4.78 is 39.1. The van der Waals surface area contributed by atoms with Crippen LogP contribution in [0.5, 0.6) is 0 Å². The molecule has 0 saturated carbocycles. The largest absolute Gasteiger partial charge is 0.417 e. The summed E-state index contributed by atoms with van der Waals surface area (Å²) in [4.78, 5) is 37.1. The maximum Gasteiger partial charge on any atom is 0.417 e. The Hall–Kier alpha value is -2.79. The van der Waals surface area contributed by atoms with Crippen LogP contribution in [-0.2, 0) is 22.3 Å². The minimum absolute atomic E-state index is 0.0874. The van der Waals surface area contributed by atoms with Gasteiger partial charge in [-0.1, -0.05) is 53.5 Å². The van der Waals surface area contributed by atoms with E-state index in [1.807, 2.05) is 47.4 Å². The molecule has 0 bridgehead atoms. The van der Waals surface area contributed by atoms with Gasteiger partial charge < -0.3 is 4.90 Å². The van der Waals surface area contributed by atoms with Crippen LogP contribution >= 0.6 is 35.0 Å². The molecule has 204 valence electrons. The number of hydrogen-bond acceptors (Lipinski definition) is 6. The number of thioether (sulfide) groups is 1. The third-order valence-corrected chi connectivity index (χ3v) is 8.52. The number of halogens is 5. The number of likely N-dealkylation sites (tertiary alicyclic amines) is 1. The lowest BCUT2D eigenvalue weighted by Gasteiger charge is -2.39. The molecule has 3 aromatic rings. The molecule has 0 radical (unpaired) electrons. The van der Waals surface area contributed by atoms with Crippen LogP contribution in [-0.4, -0.2) is 64.1 Å². The summed E-state index contributed by atoms with van der Waals surface area (Å²) in [5, 5.41) is -0.181. The first-order valence-corrected chi connectivity index (χ1v) is 13.8. The molecule has 2 aliphatic heterocycles. The monoisotopic (exact) mass is 594 g/mol. The summed E-state index contributed by atoms with van der Waals surface area (Å²) in [6, 6.07) is 16.6. The Labute approximate surface area is 237 Å². The molecule has 0 unspecified atom stereocenters. The van der Waals surface area contributed by atoms with Gasteiger partial charge in [0.1, 0.15) is 17.1 Å². The summed E-state index contributed by atoms with van der Waals surface area (Å²) in [6.07, 6.45) is -3.77. The molecule has 3 heterocycles. The van der Waals surface area contributed by atoms with Crippen LogP contribution in [0.25, 0.3) is 0 Å². The van der Waals surface area contributed by atoms with Crippen LogP contribution in [0.4, 0.5) is 19.0 Å². The maximum absolute atomic E-state index is 13.7. The minimum atomic E-state index is -4.54. The third-order valence-electron chi connectivity index (χ3n) is 6.73. The van der Waals surface area contributed by atoms with Gasteiger partial charge in [0.2, 0.25) is 11.8 Å². The number of carbonyl (C=O) groups is 2. The van der Waals surface area contributed by atoms with E-state index in [0.717, 1.165) is 22.7 Å². The van der Waals surface area contributed by atoms with Crippen molar-refractivity contribution in [3.63, 3.8) is 0 Å². The predicted octanol–water partition coefficient (Wildman–Crippen LogP) is 5.63. The molecule has 0 aliphatic carbocycles. The van der Waals surface area contributed by atoms with Crippen molar-refractivity contribution in [3.8, 4) is 0 Å². The van der Waals surface area contributed by atoms with Crippen molar-refractivity contribution in [3.05, 3.63) is 88.0 Å². The Morgan fingerprint density at radius 2 is 1.59 bits per heavy atom. The highest BCUT2D eigenvalue weighted by Crippen LogP contribution is 2.37. The number of carbonyl (C=O) groups excluding carboxylic acids is 2. The number of aromatic nitrogens is 1. The van der Waals surface area contributed by atoms with Gasteiger partial charge in [0.25, 0.3) is 0 Å². The van der Waals surface area contributed by atoms with Crippen molar-refractivity contribution in [2.75, 3.05) is 31.1 Å². The molecule has 0 spiro atoms. The first kappa shape index (κ1) is 27.8. The zero-order valence-corrected chi connectivity index (χ0v) is 22.8. The Bertz CT molecular complexity index is 1350. The second-order valence-corrected chi connectivity index (χ2v) is 11.3. The van der Waals surface area contributed by atoms with Gasteiger partial charge in [0, 0.05) is 42.3 Å². The molecular formula is C27H23Cl2F3N4O2S. The topological polar surface area (TPSA) is 56.8 Å². The van der Waals surface area contributed by atoms with Gasteiger partial charge in [-0.05, 0) is 35.9 Å². The molecule has 2 atom stereocenters. The molecule has 39 heavy (non-hydrogen) atoms. The van der Waals surface area contributed by atoms with Crippen LogP contribution in [0, 0.1) is 0 Å². The fourth-order valence-corrected chi connectivity index (χ4v) is 6.40. The van der Waals surface area contributed by atoms with Crippen molar-refractivity contribution in [1.29, 1.82) is 0 Å². The number of piperazine rings is 1. The summed E-state index contributed by atoms with van der Waals surface area (Å²) in [7, 11) is 0. The van der Waals surface area contributed by atoms with E-state index in [1.54, 1.807) is 17.0 Å². The molecule has 2 fully saturated rings. The molecule has 5 rings (SSSR count). The molecule has 12 heteroatoms. The summed E-state index contributed by atoms with van der Waals surface area (Å²) >= 11 is 13.5. The van der Waals surface area contributed by atoms with E-state index in [1.165, 1.54) is 16.7 Å². The normalized spacial score (nSPS) is 20.6. The van der Waals surface area contributed by atoms with Gasteiger partial charge in [-0.25, -0.2) is 4.98 Å². The number of imide groups is 1. The van der Waals surface area contributed by atoms with Crippen LogP contribution in [0.3, 0.4) is 0 Å². The molecule has 1 aromatic heterocycles. The van der Waals surface area contributed by atoms with Crippen molar-refractivity contribution in [1.82, 2.24) is 14.8 Å². The third kappa shape index (κ3) is 6.04. The molecular weight excluding hydrogens is 572 g/mol. The average Bonchev–Trinajstić information content (AvgIpc) is 3.14. The van der Waals surface area contributed by atoms with Crippen LogP contribution in [0.1, 0.15) is 11.1 Å². The van der Waals surface area contributed by atoms with Gasteiger partial charge in [-0.15, -0.1) is 11.8 Å². The number of anilines is 1. The average molecular weight is 595 g/mol. The molecule has 0 N–H and O–H groups in total. The Kier molecular flexibility index (Phi) is 8.09. The predicted molar refractivity (Wildman–Crippen MR) is 145 cm³/mol. The van der Waals surface area contributed by atoms with Gasteiger partial charge in [0.15, 0.2) is 0 Å². The molecule has 2 amide bonds. The zero-order chi connectivity index (χ0) is 27.7. The van der Waals surface area contributed by atoms with E-state index in [-0.39, 0.29) is 29.2 Å². The lowest BCUT2D eigenvalue weighted by Crippen LogP contribution is -2.55. The van der Waals surface area contributed by atoms with E-state index in [2.05, 4.69) is 4.98 Å². The number of nitrogens with zero attached hydrogens (tertiary/aromatic N) is 4. The minimum Gasteiger partial charge on any atom is -0.353 e. The molecule has 2 aliphatic rings. The van der Waals surface area contributed by atoms with Crippen molar-refractivity contribution >= 4 is 52.6 Å². The van der Waals surface area contributed by atoms with Crippen LogP contribution in [0.15, 0.2) is 71.8 Å². The van der Waals surface area contributed by atoms with E-state index in [9.17, 15) is 22.8 Å². The highest BCUT2D eigenvalue weighted by atomic mass is 35.5. The van der Waals surface area contributed by atoms with Crippen LogP contribution < -0.4 is 4.90 Å². The van der Waals surface area contributed by atoms with E-state index < -0.39 is 23.0 Å². The fourth-order valence-electron chi connectivity index (χ4n) is 4.76. The molecule has 6 nitrogen and oxygen atoms in total.